The van der Waals surface area contributed by atoms with Crippen LogP contribution in [-0.2, 0) is 5.60 Å². The van der Waals surface area contributed by atoms with E-state index in [4.69, 9.17) is 4.74 Å². The second-order valence-corrected chi connectivity index (χ2v) is 6.20. The fourth-order valence-corrected chi connectivity index (χ4v) is 3.11. The van der Waals surface area contributed by atoms with E-state index in [1.54, 1.807) is 0 Å². The van der Waals surface area contributed by atoms with Gasteiger partial charge in [0.15, 0.2) is 0 Å². The fourth-order valence-electron chi connectivity index (χ4n) is 3.11. The number of rotatable bonds is 7. The minimum absolute atomic E-state index is 0.432. The highest BCUT2D eigenvalue weighted by molar-refractivity contribution is 5.52. The Kier molecular flexibility index (Phi) is 6.24. The minimum atomic E-state index is -1.30. The average Bonchev–Trinajstić information content (AvgIpc) is 2.74. The van der Waals surface area contributed by atoms with Crippen LogP contribution in [0.1, 0.15) is 23.6 Å². The van der Waals surface area contributed by atoms with Crippen LogP contribution in [0.5, 0.6) is 5.75 Å². The van der Waals surface area contributed by atoms with Crippen molar-refractivity contribution in [2.75, 3.05) is 6.61 Å². The van der Waals surface area contributed by atoms with Gasteiger partial charge in [0.1, 0.15) is 18.0 Å². The summed E-state index contributed by atoms with van der Waals surface area (Å²) in [4.78, 5) is 0. The summed E-state index contributed by atoms with van der Waals surface area (Å²) in [5.41, 5.74) is 1.03. The summed E-state index contributed by atoms with van der Waals surface area (Å²) >= 11 is 0. The van der Waals surface area contributed by atoms with Crippen molar-refractivity contribution >= 4 is 0 Å². The van der Waals surface area contributed by atoms with Crippen molar-refractivity contribution in [3.8, 4) is 5.75 Å². The molecule has 136 valence electrons. The van der Waals surface area contributed by atoms with E-state index in [0.717, 1.165) is 16.7 Å². The lowest BCUT2D eigenvalue weighted by Crippen LogP contribution is -2.29. The molecule has 27 heavy (non-hydrogen) atoms. The molecule has 0 heterocycles. The molecule has 0 aromatic heterocycles. The quantitative estimate of drug-likeness (QED) is 0.448. The van der Waals surface area contributed by atoms with Gasteiger partial charge in [0, 0.05) is 5.56 Å². The third-order valence-electron chi connectivity index (χ3n) is 4.43. The van der Waals surface area contributed by atoms with Gasteiger partial charge < -0.3 is 9.84 Å². The molecule has 0 fully saturated rings. The average molecular weight is 356 g/mol. The number of allylic oxidation sites excluding steroid dienone is 3. The molecule has 0 spiro atoms. The van der Waals surface area contributed by atoms with Gasteiger partial charge in [-0.15, -0.1) is 0 Å². The molecule has 0 saturated carbocycles. The smallest absolute Gasteiger partial charge is 0.144 e. The SMILES string of the molecule is CC=CC=CCOc1ccccc1C(O)(c1ccccc1)c1ccccc1. The second kappa shape index (κ2) is 9.02. The number of para-hydroxylation sites is 1. The number of hydrogen-bond acceptors (Lipinski definition) is 2. The van der Waals surface area contributed by atoms with E-state index < -0.39 is 5.60 Å². The summed E-state index contributed by atoms with van der Waals surface area (Å²) in [6.07, 6.45) is 7.82. The molecule has 0 aliphatic rings. The molecule has 3 aromatic rings. The standard InChI is InChI=1S/C25H24O2/c1-2-3-4-13-20-27-24-19-12-11-18-23(24)25(26,21-14-7-5-8-15-21)22-16-9-6-10-17-22/h2-19,26H,20H2,1H3. The summed E-state index contributed by atoms with van der Waals surface area (Å²) in [5, 5.41) is 11.9. The van der Waals surface area contributed by atoms with E-state index in [1.165, 1.54) is 0 Å². The third-order valence-corrected chi connectivity index (χ3v) is 4.43. The van der Waals surface area contributed by atoms with E-state index in [-0.39, 0.29) is 0 Å². The van der Waals surface area contributed by atoms with Crippen LogP contribution < -0.4 is 4.74 Å². The maximum Gasteiger partial charge on any atom is 0.144 e. The molecule has 2 nitrogen and oxygen atoms in total. The van der Waals surface area contributed by atoms with E-state index in [1.807, 2.05) is 116 Å². The summed E-state index contributed by atoms with van der Waals surface area (Å²) in [5.74, 6) is 0.665. The first-order valence-electron chi connectivity index (χ1n) is 9.10. The summed E-state index contributed by atoms with van der Waals surface area (Å²) in [6, 6.07) is 27.1. The lowest BCUT2D eigenvalue weighted by molar-refractivity contribution is 0.121. The molecular formula is C25H24O2. The molecule has 1 N–H and O–H groups in total. The monoisotopic (exact) mass is 356 g/mol. The molecule has 3 rings (SSSR count). The predicted octanol–water partition coefficient (Wildman–Crippen LogP) is 5.48. The van der Waals surface area contributed by atoms with Gasteiger partial charge in [0.05, 0.1) is 0 Å². The zero-order valence-electron chi connectivity index (χ0n) is 15.5. The molecular weight excluding hydrogens is 332 g/mol. The maximum absolute atomic E-state index is 11.9. The van der Waals surface area contributed by atoms with Crippen molar-refractivity contribution in [3.63, 3.8) is 0 Å². The van der Waals surface area contributed by atoms with E-state index in [0.29, 0.717) is 12.4 Å². The Morgan fingerprint density at radius 3 is 1.93 bits per heavy atom. The van der Waals surface area contributed by atoms with Crippen LogP contribution >= 0.6 is 0 Å². The van der Waals surface area contributed by atoms with Crippen molar-refractivity contribution in [1.82, 2.24) is 0 Å². The van der Waals surface area contributed by atoms with E-state index >= 15 is 0 Å². The molecule has 0 unspecified atom stereocenters. The van der Waals surface area contributed by atoms with Gasteiger partial charge in [-0.3, -0.25) is 0 Å². The number of benzene rings is 3. The van der Waals surface area contributed by atoms with Crippen LogP contribution in [0.15, 0.2) is 109 Å². The van der Waals surface area contributed by atoms with Crippen molar-refractivity contribution < 1.29 is 9.84 Å². The first-order valence-corrected chi connectivity index (χ1v) is 9.10. The van der Waals surface area contributed by atoms with E-state index in [9.17, 15) is 5.11 Å². The molecule has 3 aromatic carbocycles. The highest BCUT2D eigenvalue weighted by atomic mass is 16.5. The molecule has 0 aliphatic carbocycles. The fraction of sp³-hybridized carbons (Fsp3) is 0.120. The Morgan fingerprint density at radius 2 is 1.33 bits per heavy atom. The molecule has 0 radical (unpaired) electrons. The van der Waals surface area contributed by atoms with Crippen molar-refractivity contribution in [1.29, 1.82) is 0 Å². The second-order valence-electron chi connectivity index (χ2n) is 6.20. The lowest BCUT2D eigenvalue weighted by atomic mass is 9.80. The zero-order chi connectivity index (χ0) is 19.0. The predicted molar refractivity (Wildman–Crippen MR) is 111 cm³/mol. The Balaban J connectivity index is 2.06. The normalized spacial score (nSPS) is 11.9. The number of ether oxygens (including phenoxy) is 1. The molecule has 0 amide bonds. The highest BCUT2D eigenvalue weighted by Crippen LogP contribution is 2.40. The van der Waals surface area contributed by atoms with Crippen LogP contribution in [0.4, 0.5) is 0 Å². The van der Waals surface area contributed by atoms with Crippen LogP contribution in [0.3, 0.4) is 0 Å². The molecule has 0 bridgehead atoms. The summed E-state index contributed by atoms with van der Waals surface area (Å²) in [6.45, 7) is 2.40. The summed E-state index contributed by atoms with van der Waals surface area (Å²) in [7, 11) is 0. The first kappa shape index (κ1) is 18.7. The number of hydrogen-bond donors (Lipinski definition) is 1. The van der Waals surface area contributed by atoms with Gasteiger partial charge in [-0.25, -0.2) is 0 Å². The Hall–Kier alpha value is -3.10. The van der Waals surface area contributed by atoms with Crippen molar-refractivity contribution in [3.05, 3.63) is 126 Å². The minimum Gasteiger partial charge on any atom is -0.489 e. The van der Waals surface area contributed by atoms with Crippen LogP contribution in [0.25, 0.3) is 0 Å². The van der Waals surface area contributed by atoms with Gasteiger partial charge in [-0.05, 0) is 30.2 Å². The van der Waals surface area contributed by atoms with Gasteiger partial charge in [-0.1, -0.05) is 97.1 Å². The third kappa shape index (κ3) is 4.18. The molecule has 2 heteroatoms. The van der Waals surface area contributed by atoms with Crippen molar-refractivity contribution in [2.45, 2.75) is 12.5 Å². The number of aliphatic hydroxyl groups is 1. The Bertz CT molecular complexity index is 856. The molecule has 0 atom stereocenters. The van der Waals surface area contributed by atoms with Gasteiger partial charge in [0.25, 0.3) is 0 Å². The largest absolute Gasteiger partial charge is 0.489 e. The molecule has 0 aliphatic heterocycles. The van der Waals surface area contributed by atoms with Crippen molar-refractivity contribution in [2.24, 2.45) is 0 Å². The van der Waals surface area contributed by atoms with Crippen LogP contribution in [-0.4, -0.2) is 11.7 Å². The van der Waals surface area contributed by atoms with Gasteiger partial charge >= 0.3 is 0 Å². The van der Waals surface area contributed by atoms with Gasteiger partial charge in [-0.2, -0.15) is 0 Å². The van der Waals surface area contributed by atoms with E-state index in [2.05, 4.69) is 0 Å². The highest BCUT2D eigenvalue weighted by Gasteiger charge is 2.36. The Labute approximate surface area is 161 Å². The lowest BCUT2D eigenvalue weighted by Gasteiger charge is -2.31. The van der Waals surface area contributed by atoms with Crippen LogP contribution in [0, 0.1) is 0 Å². The molecule has 0 saturated heterocycles. The van der Waals surface area contributed by atoms with Gasteiger partial charge in [0.2, 0.25) is 0 Å². The Morgan fingerprint density at radius 1 is 0.778 bits per heavy atom. The van der Waals surface area contributed by atoms with Crippen LogP contribution in [0.2, 0.25) is 0 Å². The summed E-state index contributed by atoms with van der Waals surface area (Å²) < 4.78 is 5.99. The first-order chi connectivity index (χ1) is 13.3. The zero-order valence-corrected chi connectivity index (χ0v) is 15.5. The maximum atomic E-state index is 11.9. The topological polar surface area (TPSA) is 29.5 Å².